The maximum absolute atomic E-state index is 11.5. The summed E-state index contributed by atoms with van der Waals surface area (Å²) in [6.45, 7) is 12.7. The predicted molar refractivity (Wildman–Crippen MR) is 164 cm³/mol. The van der Waals surface area contributed by atoms with Crippen molar-refractivity contribution < 1.29 is 42.7 Å². The van der Waals surface area contributed by atoms with Gasteiger partial charge in [-0.25, -0.2) is 9.59 Å². The molecule has 230 valence electrons. The smallest absolute Gasteiger partial charge is 0.333 e. The van der Waals surface area contributed by atoms with Crippen LogP contribution in [0.2, 0.25) is 0 Å². The number of esters is 2. The molecule has 0 fully saturated rings. The van der Waals surface area contributed by atoms with E-state index < -0.39 is 11.9 Å². The summed E-state index contributed by atoms with van der Waals surface area (Å²) in [5.74, 6) is 0.882. The van der Waals surface area contributed by atoms with Gasteiger partial charge in [0.15, 0.2) is 11.5 Å². The Bertz CT molecular complexity index is 1350. The summed E-state index contributed by atoms with van der Waals surface area (Å²) in [5, 5.41) is 1.69. The first kappa shape index (κ1) is 33.2. The Morgan fingerprint density at radius 1 is 0.581 bits per heavy atom. The van der Waals surface area contributed by atoms with Gasteiger partial charge in [-0.1, -0.05) is 67.8 Å². The second-order valence-electron chi connectivity index (χ2n) is 9.59. The number of carbonyl (C=O) groups is 2. The monoisotopic (exact) mass is 592 g/mol. The van der Waals surface area contributed by atoms with Crippen LogP contribution in [0.4, 0.5) is 0 Å². The van der Waals surface area contributed by atoms with E-state index in [9.17, 15) is 9.59 Å². The van der Waals surface area contributed by atoms with Gasteiger partial charge in [0.25, 0.3) is 0 Å². The van der Waals surface area contributed by atoms with E-state index in [2.05, 4.69) is 25.3 Å². The Balaban J connectivity index is 1.63. The molecule has 3 aromatic rings. The zero-order valence-corrected chi connectivity index (χ0v) is 24.9. The van der Waals surface area contributed by atoms with Crippen LogP contribution in [0.15, 0.2) is 85.0 Å². The van der Waals surface area contributed by atoms with Crippen LogP contribution in [-0.4, -0.2) is 71.4 Å². The molecular formula is C34H40O9. The lowest BCUT2D eigenvalue weighted by Gasteiger charge is -2.18. The fourth-order valence-electron chi connectivity index (χ4n) is 3.84. The number of fused-ring (bicyclic) bond motifs is 1. The van der Waals surface area contributed by atoms with E-state index in [4.69, 9.17) is 33.2 Å². The molecule has 9 heteroatoms. The summed E-state index contributed by atoms with van der Waals surface area (Å²) in [6.07, 6.45) is 0.721. The fourth-order valence-corrected chi connectivity index (χ4v) is 3.84. The van der Waals surface area contributed by atoms with Crippen LogP contribution >= 0.6 is 0 Å². The Hall–Kier alpha value is -4.34. The zero-order chi connectivity index (χ0) is 30.9. The molecule has 0 heterocycles. The maximum atomic E-state index is 11.5. The summed E-state index contributed by atoms with van der Waals surface area (Å²) in [5.41, 5.74) is 1.85. The molecule has 0 saturated carbocycles. The van der Waals surface area contributed by atoms with E-state index in [0.717, 1.165) is 22.8 Å². The molecule has 0 atom stereocenters. The third kappa shape index (κ3) is 11.5. The lowest BCUT2D eigenvalue weighted by molar-refractivity contribution is -0.141. The van der Waals surface area contributed by atoms with Gasteiger partial charge >= 0.3 is 11.9 Å². The van der Waals surface area contributed by atoms with E-state index in [1.54, 1.807) is 13.8 Å². The maximum Gasteiger partial charge on any atom is 0.333 e. The fraction of sp³-hybridized carbons (Fsp3) is 0.353. The van der Waals surface area contributed by atoms with Gasteiger partial charge in [-0.2, -0.15) is 0 Å². The Labute approximate surface area is 252 Å². The van der Waals surface area contributed by atoms with Crippen molar-refractivity contribution in [3.8, 4) is 17.2 Å². The van der Waals surface area contributed by atoms with E-state index in [1.165, 1.54) is 0 Å². The molecule has 43 heavy (non-hydrogen) atoms. The van der Waals surface area contributed by atoms with Crippen LogP contribution in [0.3, 0.4) is 0 Å². The average molecular weight is 593 g/mol. The van der Waals surface area contributed by atoms with Crippen LogP contribution in [0.1, 0.15) is 19.4 Å². The molecule has 0 unspecified atom stereocenters. The molecule has 0 N–H and O–H groups in total. The standard InChI is InChI=1S/C34H40O9/c1-25(2)33(35)42-22-18-37-16-20-40-30-24-31(39-15-14-27-10-6-5-7-11-27)32(29-13-9-8-12-28(29)30)41-21-17-38-19-23-43-34(36)26(3)4/h5-13,24H,1,3,14-23H2,2,4H3. The van der Waals surface area contributed by atoms with Gasteiger partial charge in [-0.3, -0.25) is 0 Å². The first-order valence-electron chi connectivity index (χ1n) is 14.2. The zero-order valence-electron chi connectivity index (χ0n) is 24.9. The molecule has 0 aliphatic heterocycles. The molecule has 0 radical (unpaired) electrons. The normalized spacial score (nSPS) is 10.7. The molecule has 9 nitrogen and oxygen atoms in total. The molecule has 0 saturated heterocycles. The third-order valence-corrected chi connectivity index (χ3v) is 5.99. The molecule has 3 rings (SSSR count). The number of carbonyl (C=O) groups excluding carboxylic acids is 2. The highest BCUT2D eigenvalue weighted by molar-refractivity contribution is 5.95. The molecule has 0 bridgehead atoms. The number of ether oxygens (including phenoxy) is 7. The van der Waals surface area contributed by atoms with Crippen LogP contribution in [0, 0.1) is 0 Å². The molecule has 0 aromatic heterocycles. The van der Waals surface area contributed by atoms with E-state index >= 15 is 0 Å². The Kier molecular flexibility index (Phi) is 14.1. The first-order chi connectivity index (χ1) is 20.9. The van der Waals surface area contributed by atoms with Crippen molar-refractivity contribution in [1.29, 1.82) is 0 Å². The summed E-state index contributed by atoms with van der Waals surface area (Å²) in [7, 11) is 0. The SMILES string of the molecule is C=C(C)C(=O)OCCOCCOc1cc(OCCc2ccccc2)c(OCCOCCOC(=O)C(=C)C)c2ccccc12. The minimum atomic E-state index is -0.443. The van der Waals surface area contributed by atoms with Gasteiger partial charge < -0.3 is 33.2 Å². The summed E-state index contributed by atoms with van der Waals surface area (Å²) in [6, 6.07) is 19.7. The Morgan fingerprint density at radius 3 is 1.70 bits per heavy atom. The second-order valence-corrected chi connectivity index (χ2v) is 9.59. The van der Waals surface area contributed by atoms with Gasteiger partial charge in [0.2, 0.25) is 0 Å². The first-order valence-corrected chi connectivity index (χ1v) is 14.2. The van der Waals surface area contributed by atoms with Gasteiger partial charge in [-0.05, 0) is 19.4 Å². The van der Waals surface area contributed by atoms with Gasteiger partial charge in [-0.15, -0.1) is 0 Å². The van der Waals surface area contributed by atoms with E-state index in [0.29, 0.717) is 48.2 Å². The van der Waals surface area contributed by atoms with Gasteiger partial charge in [0, 0.05) is 34.4 Å². The molecule has 0 aliphatic rings. The van der Waals surface area contributed by atoms with Crippen LogP contribution in [0.25, 0.3) is 10.8 Å². The summed E-state index contributed by atoms with van der Waals surface area (Å²) >= 11 is 0. The van der Waals surface area contributed by atoms with Crippen LogP contribution in [-0.2, 0) is 35.0 Å². The van der Waals surface area contributed by atoms with Crippen molar-refractivity contribution in [3.63, 3.8) is 0 Å². The molecule has 0 aliphatic carbocycles. The van der Waals surface area contributed by atoms with Crippen molar-refractivity contribution >= 4 is 22.7 Å². The molecule has 3 aromatic carbocycles. The molecule has 0 spiro atoms. The largest absolute Gasteiger partial charge is 0.490 e. The summed E-state index contributed by atoms with van der Waals surface area (Å²) < 4.78 is 39.7. The highest BCUT2D eigenvalue weighted by atomic mass is 16.6. The number of hydrogen-bond donors (Lipinski definition) is 0. The van der Waals surface area contributed by atoms with Gasteiger partial charge in [0.05, 0.1) is 33.0 Å². The topological polar surface area (TPSA) is 98.8 Å². The second kappa shape index (κ2) is 18.3. The minimum absolute atomic E-state index is 0.137. The van der Waals surface area contributed by atoms with Crippen molar-refractivity contribution in [2.24, 2.45) is 0 Å². The van der Waals surface area contributed by atoms with Crippen LogP contribution in [0.5, 0.6) is 17.2 Å². The van der Waals surface area contributed by atoms with Crippen LogP contribution < -0.4 is 14.2 Å². The number of hydrogen-bond acceptors (Lipinski definition) is 9. The van der Waals surface area contributed by atoms with Crippen molar-refractivity contribution in [3.05, 3.63) is 90.5 Å². The summed E-state index contributed by atoms with van der Waals surface area (Å²) in [4.78, 5) is 23.0. The van der Waals surface area contributed by atoms with Crippen molar-refractivity contribution in [2.75, 3.05) is 59.5 Å². The van der Waals surface area contributed by atoms with E-state index in [-0.39, 0.29) is 39.6 Å². The number of benzene rings is 3. The lowest BCUT2D eigenvalue weighted by Crippen LogP contribution is -2.15. The highest BCUT2D eigenvalue weighted by Gasteiger charge is 2.16. The average Bonchev–Trinajstić information content (AvgIpc) is 3.01. The quantitative estimate of drug-likeness (QED) is 0.0958. The van der Waals surface area contributed by atoms with Crippen molar-refractivity contribution in [1.82, 2.24) is 0 Å². The molecule has 0 amide bonds. The Morgan fingerprint density at radius 2 is 1.09 bits per heavy atom. The van der Waals surface area contributed by atoms with Gasteiger partial charge in [0.1, 0.15) is 32.2 Å². The lowest BCUT2D eigenvalue weighted by atomic mass is 10.1. The third-order valence-electron chi connectivity index (χ3n) is 5.99. The number of rotatable bonds is 20. The highest BCUT2D eigenvalue weighted by Crippen LogP contribution is 2.41. The molecular weight excluding hydrogens is 552 g/mol. The minimum Gasteiger partial charge on any atom is -0.490 e. The predicted octanol–water partition coefficient (Wildman–Crippen LogP) is 5.49. The van der Waals surface area contributed by atoms with E-state index in [1.807, 2.05) is 48.5 Å². The van der Waals surface area contributed by atoms with Crippen molar-refractivity contribution in [2.45, 2.75) is 20.3 Å².